The Balaban J connectivity index is 1.70. The fourth-order valence-corrected chi connectivity index (χ4v) is 2.73. The Hall–Kier alpha value is -1.10. The van der Waals surface area contributed by atoms with Crippen molar-refractivity contribution in [2.24, 2.45) is 0 Å². The van der Waals surface area contributed by atoms with Gasteiger partial charge in [0.05, 0.1) is 6.61 Å². The number of benzene rings is 1. The molecule has 118 valence electrons. The normalized spacial score (nSPS) is 17.0. The number of nitrogens with zero attached hydrogens (tertiary/aromatic N) is 2. The first-order valence-corrected chi connectivity index (χ1v) is 8.09. The van der Waals surface area contributed by atoms with Crippen molar-refractivity contribution in [2.45, 2.75) is 26.3 Å². The highest BCUT2D eigenvalue weighted by atomic mass is 16.5. The van der Waals surface area contributed by atoms with Gasteiger partial charge in [0.2, 0.25) is 0 Å². The van der Waals surface area contributed by atoms with Gasteiger partial charge in [-0.1, -0.05) is 12.1 Å². The minimum Gasteiger partial charge on any atom is -0.494 e. The van der Waals surface area contributed by atoms with Crippen LogP contribution in [0.1, 0.15) is 25.3 Å². The zero-order valence-electron chi connectivity index (χ0n) is 13.1. The number of ether oxygens (including phenoxy) is 1. The van der Waals surface area contributed by atoms with Crippen LogP contribution in [-0.4, -0.2) is 60.8 Å². The van der Waals surface area contributed by atoms with E-state index in [0.29, 0.717) is 6.61 Å². The van der Waals surface area contributed by atoms with Gasteiger partial charge in [-0.2, -0.15) is 0 Å². The van der Waals surface area contributed by atoms with Crippen LogP contribution in [0.5, 0.6) is 5.75 Å². The lowest BCUT2D eigenvalue weighted by Crippen LogP contribution is -2.46. The molecule has 0 spiro atoms. The van der Waals surface area contributed by atoms with Gasteiger partial charge in [0, 0.05) is 39.3 Å². The number of hydrogen-bond acceptors (Lipinski definition) is 4. The Kier molecular flexibility index (Phi) is 7.00. The van der Waals surface area contributed by atoms with E-state index in [4.69, 9.17) is 9.84 Å². The summed E-state index contributed by atoms with van der Waals surface area (Å²) in [7, 11) is 0. The number of aliphatic hydroxyl groups excluding tert-OH is 1. The average molecular weight is 292 g/mol. The molecule has 0 bridgehead atoms. The van der Waals surface area contributed by atoms with Crippen LogP contribution in [0.15, 0.2) is 24.3 Å². The van der Waals surface area contributed by atoms with Crippen LogP contribution in [0, 0.1) is 0 Å². The quantitative estimate of drug-likeness (QED) is 0.743. The Morgan fingerprint density at radius 1 is 1.00 bits per heavy atom. The summed E-state index contributed by atoms with van der Waals surface area (Å²) in [5, 5.41) is 8.82. The first-order valence-electron chi connectivity index (χ1n) is 8.09. The Morgan fingerprint density at radius 2 is 1.67 bits per heavy atom. The molecule has 4 heteroatoms. The van der Waals surface area contributed by atoms with Crippen molar-refractivity contribution in [2.75, 3.05) is 45.9 Å². The standard InChI is InChI=1S/C17H28N2O2/c1-2-21-17-7-5-16(6-8-17)15-19-12-10-18(11-13-19)9-3-4-14-20/h5-8,20H,2-4,9-15H2,1H3. The minimum absolute atomic E-state index is 0.317. The van der Waals surface area contributed by atoms with Crippen molar-refractivity contribution >= 4 is 0 Å². The second-order valence-corrected chi connectivity index (χ2v) is 5.63. The van der Waals surface area contributed by atoms with Crippen LogP contribution >= 0.6 is 0 Å². The minimum atomic E-state index is 0.317. The summed E-state index contributed by atoms with van der Waals surface area (Å²) in [5.74, 6) is 0.954. The molecule has 21 heavy (non-hydrogen) atoms. The van der Waals surface area contributed by atoms with E-state index in [-0.39, 0.29) is 0 Å². The monoisotopic (exact) mass is 292 g/mol. The van der Waals surface area contributed by atoms with Crippen LogP contribution in [0.4, 0.5) is 0 Å². The largest absolute Gasteiger partial charge is 0.494 e. The van der Waals surface area contributed by atoms with E-state index >= 15 is 0 Å². The number of aliphatic hydroxyl groups is 1. The molecule has 1 N–H and O–H groups in total. The molecule has 0 aromatic heterocycles. The molecule has 0 unspecified atom stereocenters. The van der Waals surface area contributed by atoms with Gasteiger partial charge in [0.25, 0.3) is 0 Å². The maximum absolute atomic E-state index is 8.82. The average Bonchev–Trinajstić information content (AvgIpc) is 2.51. The molecule has 0 atom stereocenters. The first-order chi connectivity index (χ1) is 10.3. The number of rotatable bonds is 8. The molecular weight excluding hydrogens is 264 g/mol. The third-order valence-electron chi connectivity index (χ3n) is 3.99. The van der Waals surface area contributed by atoms with Crippen molar-refractivity contribution in [1.82, 2.24) is 9.80 Å². The van der Waals surface area contributed by atoms with Crippen molar-refractivity contribution in [3.63, 3.8) is 0 Å². The molecular formula is C17H28N2O2. The fraction of sp³-hybridized carbons (Fsp3) is 0.647. The Bertz CT molecular complexity index is 386. The highest BCUT2D eigenvalue weighted by molar-refractivity contribution is 5.27. The van der Waals surface area contributed by atoms with Crippen LogP contribution in [0.2, 0.25) is 0 Å². The Morgan fingerprint density at radius 3 is 2.29 bits per heavy atom. The molecule has 1 aliphatic rings. The molecule has 1 fully saturated rings. The van der Waals surface area contributed by atoms with Gasteiger partial charge in [0.1, 0.15) is 5.75 Å². The van der Waals surface area contributed by atoms with Crippen molar-refractivity contribution in [3.8, 4) is 5.75 Å². The SMILES string of the molecule is CCOc1ccc(CN2CCN(CCCCO)CC2)cc1. The summed E-state index contributed by atoms with van der Waals surface area (Å²) >= 11 is 0. The highest BCUT2D eigenvalue weighted by Crippen LogP contribution is 2.14. The third kappa shape index (κ3) is 5.65. The summed E-state index contributed by atoms with van der Waals surface area (Å²) in [5.41, 5.74) is 1.35. The van der Waals surface area contributed by atoms with Gasteiger partial charge < -0.3 is 14.7 Å². The van der Waals surface area contributed by atoms with Gasteiger partial charge in [-0.25, -0.2) is 0 Å². The van der Waals surface area contributed by atoms with E-state index in [9.17, 15) is 0 Å². The molecule has 1 aliphatic heterocycles. The van der Waals surface area contributed by atoms with Crippen molar-refractivity contribution in [3.05, 3.63) is 29.8 Å². The van der Waals surface area contributed by atoms with Gasteiger partial charge in [-0.3, -0.25) is 4.90 Å². The third-order valence-corrected chi connectivity index (χ3v) is 3.99. The summed E-state index contributed by atoms with van der Waals surface area (Å²) in [4.78, 5) is 5.02. The molecule has 1 aromatic rings. The van der Waals surface area contributed by atoms with E-state index in [2.05, 4.69) is 34.1 Å². The van der Waals surface area contributed by atoms with E-state index in [0.717, 1.165) is 64.5 Å². The molecule has 1 heterocycles. The van der Waals surface area contributed by atoms with Crippen molar-refractivity contribution < 1.29 is 9.84 Å². The second-order valence-electron chi connectivity index (χ2n) is 5.63. The number of unbranched alkanes of at least 4 members (excludes halogenated alkanes) is 1. The maximum atomic E-state index is 8.82. The van der Waals surface area contributed by atoms with Gasteiger partial charge in [-0.05, 0) is 44.0 Å². The summed E-state index contributed by atoms with van der Waals surface area (Å²) in [6, 6.07) is 8.45. The molecule has 0 aliphatic carbocycles. The molecule has 0 amide bonds. The summed E-state index contributed by atoms with van der Waals surface area (Å²) in [6.07, 6.45) is 2.03. The molecule has 4 nitrogen and oxygen atoms in total. The molecule has 1 aromatic carbocycles. The maximum Gasteiger partial charge on any atom is 0.119 e. The zero-order chi connectivity index (χ0) is 14.9. The van der Waals surface area contributed by atoms with Gasteiger partial charge in [0.15, 0.2) is 0 Å². The first kappa shape index (κ1) is 16.3. The topological polar surface area (TPSA) is 35.9 Å². The Labute approximate surface area is 128 Å². The summed E-state index contributed by atoms with van der Waals surface area (Å²) < 4.78 is 5.47. The predicted molar refractivity (Wildman–Crippen MR) is 85.6 cm³/mol. The predicted octanol–water partition coefficient (Wildman–Crippen LogP) is 1.98. The van der Waals surface area contributed by atoms with Gasteiger partial charge >= 0.3 is 0 Å². The lowest BCUT2D eigenvalue weighted by molar-refractivity contribution is 0.123. The molecule has 0 radical (unpaired) electrons. The fourth-order valence-electron chi connectivity index (χ4n) is 2.73. The van der Waals surface area contributed by atoms with Crippen LogP contribution in [0.3, 0.4) is 0 Å². The summed E-state index contributed by atoms with van der Waals surface area (Å²) in [6.45, 7) is 9.74. The number of hydrogen-bond donors (Lipinski definition) is 1. The number of piperazine rings is 1. The van der Waals surface area contributed by atoms with E-state index in [1.54, 1.807) is 0 Å². The van der Waals surface area contributed by atoms with E-state index < -0.39 is 0 Å². The lowest BCUT2D eigenvalue weighted by atomic mass is 10.2. The molecule has 1 saturated heterocycles. The highest BCUT2D eigenvalue weighted by Gasteiger charge is 2.16. The van der Waals surface area contributed by atoms with Crippen LogP contribution in [0.25, 0.3) is 0 Å². The van der Waals surface area contributed by atoms with Gasteiger partial charge in [-0.15, -0.1) is 0 Å². The van der Waals surface area contributed by atoms with Crippen LogP contribution < -0.4 is 4.74 Å². The molecule has 2 rings (SSSR count). The molecule has 0 saturated carbocycles. The van der Waals surface area contributed by atoms with Crippen LogP contribution in [-0.2, 0) is 6.54 Å². The lowest BCUT2D eigenvalue weighted by Gasteiger charge is -2.34. The van der Waals surface area contributed by atoms with E-state index in [1.165, 1.54) is 5.56 Å². The smallest absolute Gasteiger partial charge is 0.119 e. The van der Waals surface area contributed by atoms with Crippen molar-refractivity contribution in [1.29, 1.82) is 0 Å². The second kappa shape index (κ2) is 9.03. The van der Waals surface area contributed by atoms with E-state index in [1.807, 2.05) is 6.92 Å². The zero-order valence-corrected chi connectivity index (χ0v) is 13.1.